The van der Waals surface area contributed by atoms with Crippen molar-refractivity contribution in [2.75, 3.05) is 13.7 Å². The van der Waals surface area contributed by atoms with Gasteiger partial charge in [0.05, 0.1) is 0 Å². The number of hydrogen-bond donors (Lipinski definition) is 2. The molecule has 0 amide bonds. The zero-order valence-corrected chi connectivity index (χ0v) is 6.47. The Hall–Kier alpha value is 0.650. The molecule has 0 aliphatic heterocycles. The molecule has 0 aromatic heterocycles. The summed E-state index contributed by atoms with van der Waals surface area (Å²) in [4.78, 5) is 0. The molecule has 0 aliphatic rings. The van der Waals surface area contributed by atoms with Gasteiger partial charge in [-0.05, 0) is 14.0 Å². The maximum atomic E-state index is 7.57. The Labute approximate surface area is 55.8 Å². The summed E-state index contributed by atoms with van der Waals surface area (Å²) in [5.74, 6) is 0. The molecule has 3 heteroatoms. The van der Waals surface area contributed by atoms with Crippen LogP contribution in [-0.4, -0.2) is 18.8 Å². The van der Waals surface area contributed by atoms with Gasteiger partial charge in [0.2, 0.25) is 0 Å². The van der Waals surface area contributed by atoms with Gasteiger partial charge < -0.3 is 10.8 Å². The molecule has 3 N–H and O–H groups in total. The second-order valence-corrected chi connectivity index (χ2v) is 0.316. The molecule has 2 nitrogen and oxygen atoms in total. The van der Waals surface area contributed by atoms with Gasteiger partial charge in [0.15, 0.2) is 0 Å². The molecule has 0 aromatic rings. The zero-order valence-electron chi connectivity index (χ0n) is 4.14. The van der Waals surface area contributed by atoms with Crippen molar-refractivity contribution < 1.29 is 5.11 Å². The van der Waals surface area contributed by atoms with Gasteiger partial charge in [-0.3, -0.25) is 0 Å². The summed E-state index contributed by atoms with van der Waals surface area (Å²) in [6, 6.07) is 0. The first-order valence-electron chi connectivity index (χ1n) is 1.60. The summed E-state index contributed by atoms with van der Waals surface area (Å²) in [5.41, 5.74) is 4.50. The Kier molecular flexibility index (Phi) is 119. The minimum atomic E-state index is 0. The van der Waals surface area contributed by atoms with Crippen LogP contribution in [0.3, 0.4) is 0 Å². The van der Waals surface area contributed by atoms with Gasteiger partial charge in [-0.15, -0.1) is 24.0 Å². The van der Waals surface area contributed by atoms with Gasteiger partial charge in [-0.2, -0.15) is 0 Å². The molecule has 0 unspecified atom stereocenters. The van der Waals surface area contributed by atoms with E-state index in [1.54, 1.807) is 6.92 Å². The predicted octanol–water partition coefficient (Wildman–Crippen LogP) is 0.192. The highest BCUT2D eigenvalue weighted by Crippen LogP contribution is 1.30. The van der Waals surface area contributed by atoms with Crippen LogP contribution in [-0.2, 0) is 0 Å². The fraction of sp³-hybridized carbons (Fsp3) is 1.00. The predicted molar refractivity (Wildman–Crippen MR) is 38.3 cm³/mol. The normalized spacial score (nSPS) is 4.00. The largest absolute Gasteiger partial charge is 0.397 e. The minimum Gasteiger partial charge on any atom is -0.397 e. The molecule has 0 aromatic carbocycles. The van der Waals surface area contributed by atoms with E-state index >= 15 is 0 Å². The Morgan fingerprint density at radius 3 is 1.50 bits per heavy atom. The molecule has 0 fully saturated rings. The molecule has 0 rings (SSSR count). The molecule has 0 spiro atoms. The van der Waals surface area contributed by atoms with E-state index in [0.717, 1.165) is 0 Å². The summed E-state index contributed by atoms with van der Waals surface area (Å²) >= 11 is 0. The first-order chi connectivity index (χ1) is 2.41. The van der Waals surface area contributed by atoms with E-state index in [1.165, 1.54) is 7.05 Å². The van der Waals surface area contributed by atoms with Crippen LogP contribution < -0.4 is 5.73 Å². The third-order valence-electron chi connectivity index (χ3n) is 0. The molecule has 0 atom stereocenters. The summed E-state index contributed by atoms with van der Waals surface area (Å²) in [5, 5.41) is 7.57. The highest BCUT2D eigenvalue weighted by atomic mass is 127. The van der Waals surface area contributed by atoms with Crippen LogP contribution in [0, 0.1) is 0 Å². The number of aliphatic hydroxyl groups is 1. The van der Waals surface area contributed by atoms with Crippen molar-refractivity contribution in [1.29, 1.82) is 0 Å². The Balaban J connectivity index is -0.0000000275. The number of hydrogen-bond acceptors (Lipinski definition) is 2. The highest BCUT2D eigenvalue weighted by molar-refractivity contribution is 14.0. The van der Waals surface area contributed by atoms with Gasteiger partial charge in [-0.25, -0.2) is 0 Å². The van der Waals surface area contributed by atoms with Crippen molar-refractivity contribution in [1.82, 2.24) is 0 Å². The Morgan fingerprint density at radius 1 is 1.50 bits per heavy atom. The lowest BCUT2D eigenvalue weighted by molar-refractivity contribution is 0.318. The average molecular weight is 205 g/mol. The van der Waals surface area contributed by atoms with Crippen LogP contribution in [0.2, 0.25) is 0 Å². The Bertz CT molecular complexity index is 10.8. The van der Waals surface area contributed by atoms with Gasteiger partial charge in [0.1, 0.15) is 0 Å². The van der Waals surface area contributed by atoms with E-state index in [4.69, 9.17) is 5.11 Å². The SMILES string of the molecule is CCO.CN.I. The van der Waals surface area contributed by atoms with E-state index in [2.05, 4.69) is 5.73 Å². The first-order valence-corrected chi connectivity index (χ1v) is 1.60. The van der Waals surface area contributed by atoms with Crippen LogP contribution in [0.5, 0.6) is 0 Å². The van der Waals surface area contributed by atoms with Gasteiger partial charge in [-0.1, -0.05) is 0 Å². The summed E-state index contributed by atoms with van der Waals surface area (Å²) < 4.78 is 0. The molecular weight excluding hydrogens is 193 g/mol. The van der Waals surface area contributed by atoms with Crippen molar-refractivity contribution in [3.05, 3.63) is 0 Å². The average Bonchev–Trinajstić information content (AvgIpc) is 1.46. The molecule has 0 bridgehead atoms. The van der Waals surface area contributed by atoms with E-state index in [9.17, 15) is 0 Å². The first kappa shape index (κ1) is 15.9. The molecular formula is C3H12INO. The highest BCUT2D eigenvalue weighted by Gasteiger charge is 1.34. The van der Waals surface area contributed by atoms with Crippen molar-refractivity contribution in [3.63, 3.8) is 0 Å². The van der Waals surface area contributed by atoms with Crippen LogP contribution in [0.25, 0.3) is 0 Å². The van der Waals surface area contributed by atoms with Gasteiger partial charge in [0, 0.05) is 6.61 Å². The standard InChI is InChI=1S/C2H6O.CH5N.HI/c1-2-3;1-2;/h3H,2H2,1H3;2H2,1H3;1H. The van der Waals surface area contributed by atoms with E-state index in [1.807, 2.05) is 0 Å². The second-order valence-electron chi connectivity index (χ2n) is 0.316. The zero-order chi connectivity index (χ0) is 4.71. The van der Waals surface area contributed by atoms with Crippen molar-refractivity contribution in [2.45, 2.75) is 6.92 Å². The molecule has 42 valence electrons. The van der Waals surface area contributed by atoms with E-state index in [-0.39, 0.29) is 30.6 Å². The molecule has 0 aliphatic carbocycles. The van der Waals surface area contributed by atoms with Crippen LogP contribution in [0.1, 0.15) is 6.92 Å². The lowest BCUT2D eigenvalue weighted by Crippen LogP contribution is -1.69. The van der Waals surface area contributed by atoms with E-state index < -0.39 is 0 Å². The second kappa shape index (κ2) is 44.9. The third kappa shape index (κ3) is 147. The van der Waals surface area contributed by atoms with Crippen LogP contribution in [0.4, 0.5) is 0 Å². The van der Waals surface area contributed by atoms with Crippen LogP contribution >= 0.6 is 24.0 Å². The lowest BCUT2D eigenvalue weighted by Gasteiger charge is -1.52. The fourth-order valence-corrected chi connectivity index (χ4v) is 0. The van der Waals surface area contributed by atoms with Crippen molar-refractivity contribution >= 4 is 24.0 Å². The Morgan fingerprint density at radius 2 is 1.50 bits per heavy atom. The number of rotatable bonds is 0. The minimum absolute atomic E-state index is 0. The smallest absolute Gasteiger partial charge is 0.0402 e. The van der Waals surface area contributed by atoms with Crippen molar-refractivity contribution in [3.8, 4) is 0 Å². The third-order valence-corrected chi connectivity index (χ3v) is 0. The molecule has 0 heterocycles. The topological polar surface area (TPSA) is 46.2 Å². The maximum Gasteiger partial charge on any atom is 0.0402 e. The van der Waals surface area contributed by atoms with Crippen molar-refractivity contribution in [2.24, 2.45) is 5.73 Å². The molecule has 0 radical (unpaired) electrons. The number of aliphatic hydroxyl groups excluding tert-OH is 1. The summed E-state index contributed by atoms with van der Waals surface area (Å²) in [7, 11) is 1.50. The lowest BCUT2D eigenvalue weighted by atomic mass is 10.9. The summed E-state index contributed by atoms with van der Waals surface area (Å²) in [6.45, 7) is 1.93. The quantitative estimate of drug-likeness (QED) is 0.554. The number of nitrogens with two attached hydrogens (primary N) is 1. The van der Waals surface area contributed by atoms with Gasteiger partial charge in [0.25, 0.3) is 0 Å². The van der Waals surface area contributed by atoms with E-state index in [0.29, 0.717) is 0 Å². The number of halogens is 1. The molecule has 0 saturated carbocycles. The van der Waals surface area contributed by atoms with Gasteiger partial charge >= 0.3 is 0 Å². The summed E-state index contributed by atoms with van der Waals surface area (Å²) in [6.07, 6.45) is 0. The molecule has 6 heavy (non-hydrogen) atoms. The van der Waals surface area contributed by atoms with Crippen LogP contribution in [0.15, 0.2) is 0 Å². The monoisotopic (exact) mass is 205 g/mol. The molecule has 0 saturated heterocycles. The fourth-order valence-electron chi connectivity index (χ4n) is 0. The maximum absolute atomic E-state index is 7.57.